The molecule has 17 heavy (non-hydrogen) atoms. The summed E-state index contributed by atoms with van der Waals surface area (Å²) in [5.41, 5.74) is 0.932. The Morgan fingerprint density at radius 1 is 1.12 bits per heavy atom. The maximum absolute atomic E-state index is 10.2. The Labute approximate surface area is 105 Å². The summed E-state index contributed by atoms with van der Waals surface area (Å²) in [6, 6.07) is 0. The van der Waals surface area contributed by atoms with Crippen LogP contribution >= 0.6 is 0 Å². The first-order chi connectivity index (χ1) is 7.82. The fourth-order valence-corrected chi connectivity index (χ4v) is 5.61. The summed E-state index contributed by atoms with van der Waals surface area (Å²) in [5.74, 6) is 0.931. The maximum atomic E-state index is 10.2. The largest absolute Gasteiger partial charge is 0.368 e. The third kappa shape index (κ3) is 1.24. The molecule has 0 unspecified atom stereocenters. The van der Waals surface area contributed by atoms with Gasteiger partial charge in [0.05, 0.1) is 6.61 Å². The lowest BCUT2D eigenvalue weighted by Crippen LogP contribution is -2.53. The molecule has 98 valence electrons. The molecule has 1 heterocycles. The predicted octanol–water partition coefficient (Wildman–Crippen LogP) is 3.19. The second-order valence-electron chi connectivity index (χ2n) is 7.71. The van der Waals surface area contributed by atoms with E-state index in [1.54, 1.807) is 0 Å². The zero-order valence-corrected chi connectivity index (χ0v) is 11.6. The molecule has 0 radical (unpaired) electrons. The highest BCUT2D eigenvalue weighted by atomic mass is 16.6. The van der Waals surface area contributed by atoms with Gasteiger partial charge in [-0.05, 0) is 41.4 Å². The first kappa shape index (κ1) is 12.0. The molecule has 0 aromatic heterocycles. The van der Waals surface area contributed by atoms with Gasteiger partial charge < -0.3 is 9.84 Å². The van der Waals surface area contributed by atoms with Crippen molar-refractivity contribution in [1.82, 2.24) is 0 Å². The van der Waals surface area contributed by atoms with Crippen molar-refractivity contribution in [1.29, 1.82) is 0 Å². The van der Waals surface area contributed by atoms with Gasteiger partial charge >= 0.3 is 0 Å². The molecule has 1 saturated heterocycles. The highest BCUT2D eigenvalue weighted by molar-refractivity contribution is 5.15. The van der Waals surface area contributed by atoms with Crippen LogP contribution in [0.25, 0.3) is 0 Å². The van der Waals surface area contributed by atoms with Gasteiger partial charge in [0, 0.05) is 5.92 Å². The van der Waals surface area contributed by atoms with Gasteiger partial charge in [0.15, 0.2) is 6.29 Å². The average Bonchev–Trinajstić information content (AvgIpc) is 2.66. The minimum atomic E-state index is -0.524. The fourth-order valence-electron chi connectivity index (χ4n) is 5.61. The van der Waals surface area contributed by atoms with Crippen molar-refractivity contribution < 1.29 is 9.84 Å². The standard InChI is InChI=1S/C15H26O2/c1-13(2)6-5-7-14(3)8-10-9-17-12(16)11(10)15(13,14)4/h10-12,16H,5-9H2,1-4H3/t10-,11-,12-,14+,15+/m1/s1. The van der Waals surface area contributed by atoms with E-state index in [1.807, 2.05) is 0 Å². The van der Waals surface area contributed by atoms with Crippen LogP contribution in [0.2, 0.25) is 0 Å². The summed E-state index contributed by atoms with van der Waals surface area (Å²) >= 11 is 0. The van der Waals surface area contributed by atoms with Gasteiger partial charge in [-0.1, -0.05) is 34.1 Å². The van der Waals surface area contributed by atoms with Crippen molar-refractivity contribution in [2.45, 2.75) is 59.7 Å². The van der Waals surface area contributed by atoms with Crippen LogP contribution in [0.1, 0.15) is 53.4 Å². The van der Waals surface area contributed by atoms with Gasteiger partial charge in [-0.2, -0.15) is 0 Å². The molecule has 2 aliphatic carbocycles. The molecule has 5 atom stereocenters. The molecule has 0 aromatic rings. The van der Waals surface area contributed by atoms with Crippen molar-refractivity contribution in [3.63, 3.8) is 0 Å². The van der Waals surface area contributed by atoms with Crippen LogP contribution < -0.4 is 0 Å². The van der Waals surface area contributed by atoms with Gasteiger partial charge in [-0.3, -0.25) is 0 Å². The van der Waals surface area contributed by atoms with E-state index in [-0.39, 0.29) is 5.41 Å². The predicted molar refractivity (Wildman–Crippen MR) is 67.4 cm³/mol. The number of rotatable bonds is 0. The third-order valence-corrected chi connectivity index (χ3v) is 6.87. The zero-order valence-electron chi connectivity index (χ0n) is 11.6. The van der Waals surface area contributed by atoms with E-state index in [2.05, 4.69) is 27.7 Å². The van der Waals surface area contributed by atoms with E-state index >= 15 is 0 Å². The molecule has 1 aliphatic heterocycles. The molecule has 3 rings (SSSR count). The van der Waals surface area contributed by atoms with Gasteiger partial charge in [-0.15, -0.1) is 0 Å². The summed E-state index contributed by atoms with van der Waals surface area (Å²) in [6.07, 6.45) is 4.68. The Balaban J connectivity index is 2.09. The summed E-state index contributed by atoms with van der Waals surface area (Å²) < 4.78 is 5.53. The molecule has 2 heteroatoms. The molecule has 0 amide bonds. The van der Waals surface area contributed by atoms with E-state index in [0.717, 1.165) is 6.61 Å². The Kier molecular flexibility index (Phi) is 2.30. The topological polar surface area (TPSA) is 29.5 Å². The number of hydrogen-bond donors (Lipinski definition) is 1. The monoisotopic (exact) mass is 238 g/mol. The van der Waals surface area contributed by atoms with Crippen LogP contribution in [0.3, 0.4) is 0 Å². The van der Waals surface area contributed by atoms with Crippen LogP contribution in [0.5, 0.6) is 0 Å². The number of hydrogen-bond acceptors (Lipinski definition) is 2. The van der Waals surface area contributed by atoms with E-state index in [9.17, 15) is 5.11 Å². The van der Waals surface area contributed by atoms with Crippen LogP contribution in [0.4, 0.5) is 0 Å². The molecule has 1 N–H and O–H groups in total. The van der Waals surface area contributed by atoms with Crippen LogP contribution in [-0.4, -0.2) is 18.0 Å². The lowest BCUT2D eigenvalue weighted by atomic mass is 9.46. The first-order valence-corrected chi connectivity index (χ1v) is 7.12. The van der Waals surface area contributed by atoms with Crippen LogP contribution in [0, 0.1) is 28.1 Å². The number of ether oxygens (including phenoxy) is 1. The van der Waals surface area contributed by atoms with Gasteiger partial charge in [-0.25, -0.2) is 0 Å². The second-order valence-corrected chi connectivity index (χ2v) is 7.71. The minimum absolute atomic E-state index is 0.221. The highest BCUT2D eigenvalue weighted by Gasteiger charge is 2.68. The Bertz CT molecular complexity index is 338. The zero-order chi connectivity index (χ0) is 12.5. The van der Waals surface area contributed by atoms with Crippen molar-refractivity contribution in [2.24, 2.45) is 28.1 Å². The molecule has 0 aromatic carbocycles. The molecular weight excluding hydrogens is 212 g/mol. The summed E-state index contributed by atoms with van der Waals surface area (Å²) in [5, 5.41) is 10.2. The maximum Gasteiger partial charge on any atom is 0.158 e. The summed E-state index contributed by atoms with van der Waals surface area (Å²) in [4.78, 5) is 0. The van der Waals surface area contributed by atoms with E-state index in [0.29, 0.717) is 22.7 Å². The molecule has 3 aliphatic rings. The van der Waals surface area contributed by atoms with Crippen LogP contribution in [0.15, 0.2) is 0 Å². The van der Waals surface area contributed by atoms with Crippen molar-refractivity contribution in [2.75, 3.05) is 6.61 Å². The molecule has 3 fully saturated rings. The molecule has 2 saturated carbocycles. The normalized spacial score (nSPS) is 56.6. The summed E-state index contributed by atoms with van der Waals surface area (Å²) in [6.45, 7) is 10.5. The number of aliphatic hydroxyl groups is 1. The van der Waals surface area contributed by atoms with E-state index < -0.39 is 6.29 Å². The highest BCUT2D eigenvalue weighted by Crippen LogP contribution is 2.72. The van der Waals surface area contributed by atoms with Gasteiger partial charge in [0.25, 0.3) is 0 Å². The first-order valence-electron chi connectivity index (χ1n) is 7.12. The number of fused-ring (bicyclic) bond motifs is 3. The van der Waals surface area contributed by atoms with Gasteiger partial charge in [0.2, 0.25) is 0 Å². The smallest absolute Gasteiger partial charge is 0.158 e. The second kappa shape index (κ2) is 3.27. The van der Waals surface area contributed by atoms with Crippen molar-refractivity contribution >= 4 is 0 Å². The molecule has 0 spiro atoms. The lowest BCUT2D eigenvalue weighted by Gasteiger charge is -2.58. The van der Waals surface area contributed by atoms with Gasteiger partial charge in [0.1, 0.15) is 0 Å². The SMILES string of the molecule is CC1(C)CCC[C@@]2(C)C[C@@H]3CO[C@@H](O)[C@@H]3[C@@]12C. The Morgan fingerprint density at radius 3 is 2.53 bits per heavy atom. The molecule has 2 nitrogen and oxygen atoms in total. The average molecular weight is 238 g/mol. The summed E-state index contributed by atoms with van der Waals surface area (Å²) in [7, 11) is 0. The fraction of sp³-hybridized carbons (Fsp3) is 1.00. The van der Waals surface area contributed by atoms with E-state index in [1.165, 1.54) is 25.7 Å². The quantitative estimate of drug-likeness (QED) is 0.702. The van der Waals surface area contributed by atoms with Crippen molar-refractivity contribution in [3.8, 4) is 0 Å². The lowest BCUT2D eigenvalue weighted by molar-refractivity contribution is -0.172. The van der Waals surface area contributed by atoms with Crippen molar-refractivity contribution in [3.05, 3.63) is 0 Å². The molecule has 0 bridgehead atoms. The number of aliphatic hydroxyl groups excluding tert-OH is 1. The van der Waals surface area contributed by atoms with Crippen LogP contribution in [-0.2, 0) is 4.74 Å². The van der Waals surface area contributed by atoms with E-state index in [4.69, 9.17) is 4.74 Å². The Morgan fingerprint density at radius 2 is 1.82 bits per heavy atom. The minimum Gasteiger partial charge on any atom is -0.368 e. The third-order valence-electron chi connectivity index (χ3n) is 6.87. The molecular formula is C15H26O2. The Hall–Kier alpha value is -0.0800.